The number of carbonyl (C=O) groups is 2. The zero-order chi connectivity index (χ0) is 15.2. The molecule has 0 fully saturated rings. The van der Waals surface area contributed by atoms with E-state index in [1.54, 1.807) is 7.11 Å². The van der Waals surface area contributed by atoms with Crippen LogP contribution in [0.25, 0.3) is 0 Å². The summed E-state index contributed by atoms with van der Waals surface area (Å²) >= 11 is 0. The first-order chi connectivity index (χ1) is 10.1. The molecule has 0 saturated heterocycles. The zero-order valence-electron chi connectivity index (χ0n) is 12.2. The number of nitrogens with zero attached hydrogens (tertiary/aromatic N) is 1. The van der Waals surface area contributed by atoms with Gasteiger partial charge in [-0.1, -0.05) is 17.7 Å². The van der Waals surface area contributed by atoms with Crippen molar-refractivity contribution in [1.29, 1.82) is 0 Å². The van der Waals surface area contributed by atoms with Crippen LogP contribution in [0.2, 0.25) is 0 Å². The summed E-state index contributed by atoms with van der Waals surface area (Å²) in [5.41, 5.74) is 4.88. The van der Waals surface area contributed by atoms with Crippen molar-refractivity contribution in [3.05, 3.63) is 29.3 Å². The van der Waals surface area contributed by atoms with Crippen LogP contribution in [0.15, 0.2) is 23.3 Å². The molecule has 6 heteroatoms. The fourth-order valence-electron chi connectivity index (χ4n) is 2.15. The third-order valence-electron chi connectivity index (χ3n) is 3.28. The summed E-state index contributed by atoms with van der Waals surface area (Å²) in [6, 6.07) is 5.96. The Labute approximate surface area is 123 Å². The van der Waals surface area contributed by atoms with Crippen LogP contribution in [-0.4, -0.2) is 31.2 Å². The van der Waals surface area contributed by atoms with Gasteiger partial charge in [0.15, 0.2) is 0 Å². The Bertz CT molecular complexity index is 582. The van der Waals surface area contributed by atoms with Gasteiger partial charge in [0.1, 0.15) is 11.5 Å². The third kappa shape index (κ3) is 4.05. The monoisotopic (exact) mass is 289 g/mol. The first kappa shape index (κ1) is 15.0. The molecule has 112 valence electrons. The largest absolute Gasteiger partial charge is 0.496 e. The van der Waals surface area contributed by atoms with Crippen molar-refractivity contribution in [2.24, 2.45) is 5.10 Å². The highest BCUT2D eigenvalue weighted by Crippen LogP contribution is 2.19. The quantitative estimate of drug-likeness (QED) is 0.846. The number of hydrogen-bond acceptors (Lipinski definition) is 4. The Balaban J connectivity index is 1.88. The second kappa shape index (κ2) is 6.88. The van der Waals surface area contributed by atoms with Gasteiger partial charge < -0.3 is 10.1 Å². The van der Waals surface area contributed by atoms with E-state index in [1.165, 1.54) is 0 Å². The van der Waals surface area contributed by atoms with Gasteiger partial charge in [-0.15, -0.1) is 0 Å². The highest BCUT2D eigenvalue weighted by Gasteiger charge is 2.17. The second-order valence-electron chi connectivity index (χ2n) is 4.91. The number of aryl methyl sites for hydroxylation is 1. The lowest BCUT2D eigenvalue weighted by atomic mass is 10.1. The number of carbonyl (C=O) groups excluding carboxylic acids is 2. The summed E-state index contributed by atoms with van der Waals surface area (Å²) in [6.45, 7) is 2.51. The molecule has 0 radical (unpaired) electrons. The maximum Gasteiger partial charge on any atom is 0.267 e. The maximum atomic E-state index is 11.9. The van der Waals surface area contributed by atoms with Gasteiger partial charge in [0.05, 0.1) is 7.11 Å². The van der Waals surface area contributed by atoms with Crippen LogP contribution >= 0.6 is 0 Å². The molecule has 2 amide bonds. The lowest BCUT2D eigenvalue weighted by molar-refractivity contribution is -0.121. The van der Waals surface area contributed by atoms with E-state index in [9.17, 15) is 9.59 Å². The van der Waals surface area contributed by atoms with Crippen molar-refractivity contribution in [1.82, 2.24) is 10.7 Å². The van der Waals surface area contributed by atoms with Gasteiger partial charge in [0.25, 0.3) is 5.91 Å². The molecule has 0 spiro atoms. The lowest BCUT2D eigenvalue weighted by Gasteiger charge is -2.13. The molecule has 0 aliphatic carbocycles. The molecule has 1 aliphatic heterocycles. The summed E-state index contributed by atoms with van der Waals surface area (Å²) in [6.07, 6.45) is 1.36. The molecule has 0 saturated carbocycles. The molecule has 0 aromatic heterocycles. The van der Waals surface area contributed by atoms with Crippen LogP contribution in [-0.2, 0) is 16.0 Å². The molecule has 1 aromatic rings. The summed E-state index contributed by atoms with van der Waals surface area (Å²) in [5, 5.41) is 6.57. The molecule has 1 heterocycles. The van der Waals surface area contributed by atoms with Crippen LogP contribution in [0.1, 0.15) is 24.0 Å². The summed E-state index contributed by atoms with van der Waals surface area (Å²) in [4.78, 5) is 22.9. The number of methoxy groups -OCH3 is 1. The van der Waals surface area contributed by atoms with Gasteiger partial charge in [-0.2, -0.15) is 5.10 Å². The van der Waals surface area contributed by atoms with Crippen LogP contribution in [0, 0.1) is 6.92 Å². The number of amides is 2. The number of hydrogen-bond donors (Lipinski definition) is 2. The Kier molecular flexibility index (Phi) is 4.92. The number of rotatable bonds is 5. The lowest BCUT2D eigenvalue weighted by Crippen LogP contribution is -2.37. The molecule has 6 nitrogen and oxygen atoms in total. The minimum absolute atomic E-state index is 0.156. The highest BCUT2D eigenvalue weighted by molar-refractivity contribution is 6.39. The smallest absolute Gasteiger partial charge is 0.267 e. The Morgan fingerprint density at radius 1 is 1.43 bits per heavy atom. The van der Waals surface area contributed by atoms with Gasteiger partial charge in [-0.25, -0.2) is 5.43 Å². The highest BCUT2D eigenvalue weighted by atomic mass is 16.5. The SMILES string of the molecule is COc1ccc(C)cc1CCNC(=O)C1=NNC(=O)CC1. The van der Waals surface area contributed by atoms with E-state index in [-0.39, 0.29) is 11.8 Å². The minimum Gasteiger partial charge on any atom is -0.496 e. The van der Waals surface area contributed by atoms with Gasteiger partial charge in [0.2, 0.25) is 5.91 Å². The molecule has 21 heavy (non-hydrogen) atoms. The molecular formula is C15H19N3O3. The number of ether oxygens (including phenoxy) is 1. The standard InChI is InChI=1S/C15H19N3O3/c1-10-3-5-13(21-2)11(9-10)7-8-16-15(20)12-4-6-14(19)18-17-12/h3,5,9H,4,6-8H2,1-2H3,(H,16,20)(H,18,19). The molecule has 1 aromatic carbocycles. The molecule has 0 bridgehead atoms. The topological polar surface area (TPSA) is 79.8 Å². The van der Waals surface area contributed by atoms with Gasteiger partial charge in [-0.3, -0.25) is 9.59 Å². The van der Waals surface area contributed by atoms with Crippen molar-refractivity contribution >= 4 is 17.5 Å². The predicted octanol–water partition coefficient (Wildman–Crippen LogP) is 0.928. The van der Waals surface area contributed by atoms with E-state index >= 15 is 0 Å². The van der Waals surface area contributed by atoms with Gasteiger partial charge >= 0.3 is 0 Å². The Morgan fingerprint density at radius 3 is 2.90 bits per heavy atom. The van der Waals surface area contributed by atoms with Crippen LogP contribution in [0.5, 0.6) is 5.75 Å². The first-order valence-electron chi connectivity index (χ1n) is 6.87. The number of nitrogens with one attached hydrogen (secondary N) is 2. The maximum absolute atomic E-state index is 11.9. The first-order valence-corrected chi connectivity index (χ1v) is 6.87. The number of benzene rings is 1. The van der Waals surface area contributed by atoms with Crippen molar-refractivity contribution in [2.45, 2.75) is 26.2 Å². The van der Waals surface area contributed by atoms with E-state index < -0.39 is 0 Å². The molecule has 0 atom stereocenters. The Morgan fingerprint density at radius 2 is 2.24 bits per heavy atom. The predicted molar refractivity (Wildman–Crippen MR) is 79.3 cm³/mol. The van der Waals surface area contributed by atoms with E-state index in [0.717, 1.165) is 16.9 Å². The Hall–Kier alpha value is -2.37. The van der Waals surface area contributed by atoms with E-state index in [0.29, 0.717) is 31.5 Å². The normalized spacial score (nSPS) is 14.2. The zero-order valence-corrected chi connectivity index (χ0v) is 12.2. The molecule has 0 unspecified atom stereocenters. The summed E-state index contributed by atoms with van der Waals surface area (Å²) in [5.74, 6) is 0.426. The summed E-state index contributed by atoms with van der Waals surface area (Å²) < 4.78 is 5.30. The van der Waals surface area contributed by atoms with Gasteiger partial charge in [-0.05, 0) is 25.0 Å². The third-order valence-corrected chi connectivity index (χ3v) is 3.28. The molecular weight excluding hydrogens is 270 g/mol. The molecule has 2 rings (SSSR count). The fourth-order valence-corrected chi connectivity index (χ4v) is 2.15. The van der Waals surface area contributed by atoms with Crippen molar-refractivity contribution in [3.63, 3.8) is 0 Å². The van der Waals surface area contributed by atoms with Crippen LogP contribution in [0.3, 0.4) is 0 Å². The summed E-state index contributed by atoms with van der Waals surface area (Å²) in [7, 11) is 1.63. The average molecular weight is 289 g/mol. The van der Waals surface area contributed by atoms with E-state index in [1.807, 2.05) is 25.1 Å². The number of hydrazone groups is 1. The van der Waals surface area contributed by atoms with Gasteiger partial charge in [0, 0.05) is 19.4 Å². The van der Waals surface area contributed by atoms with Crippen molar-refractivity contribution < 1.29 is 14.3 Å². The van der Waals surface area contributed by atoms with Crippen LogP contribution < -0.4 is 15.5 Å². The molecule has 1 aliphatic rings. The second-order valence-corrected chi connectivity index (χ2v) is 4.91. The van der Waals surface area contributed by atoms with E-state index in [4.69, 9.17) is 4.74 Å². The van der Waals surface area contributed by atoms with Crippen LogP contribution in [0.4, 0.5) is 0 Å². The van der Waals surface area contributed by atoms with Crippen molar-refractivity contribution in [2.75, 3.05) is 13.7 Å². The average Bonchev–Trinajstić information content (AvgIpc) is 2.48. The fraction of sp³-hybridized carbons (Fsp3) is 0.400. The molecule has 2 N–H and O–H groups in total. The van der Waals surface area contributed by atoms with E-state index in [2.05, 4.69) is 15.8 Å². The van der Waals surface area contributed by atoms with Crippen molar-refractivity contribution in [3.8, 4) is 5.75 Å². The minimum atomic E-state index is -0.235.